The maximum Gasteiger partial charge on any atom is 0.150 e. The lowest BCUT2D eigenvalue weighted by Crippen LogP contribution is -2.44. The first-order valence-corrected chi connectivity index (χ1v) is 5.79. The Balaban J connectivity index is 1.84. The highest BCUT2D eigenvalue weighted by Gasteiger charge is 2.33. The highest BCUT2D eigenvalue weighted by Crippen LogP contribution is 2.36. The van der Waals surface area contributed by atoms with Gasteiger partial charge in [-0.05, 0) is 12.1 Å². The summed E-state index contributed by atoms with van der Waals surface area (Å²) in [6, 6.07) is 8.59. The molecule has 3 nitrogen and oxygen atoms in total. The molecule has 1 N–H and O–H groups in total. The van der Waals surface area contributed by atoms with Crippen molar-refractivity contribution in [2.24, 2.45) is 9.98 Å². The minimum absolute atomic E-state index is 0.149. The van der Waals surface area contributed by atoms with Crippen LogP contribution in [0.15, 0.2) is 58.6 Å². The van der Waals surface area contributed by atoms with Crippen LogP contribution in [0.5, 0.6) is 0 Å². The van der Waals surface area contributed by atoms with E-state index in [2.05, 4.69) is 39.6 Å². The molecule has 0 radical (unpaired) electrons. The normalized spacial score (nSPS) is 28.0. The zero-order valence-corrected chi connectivity index (χ0v) is 9.17. The van der Waals surface area contributed by atoms with Crippen LogP contribution in [0, 0.1) is 0 Å². The molecule has 0 bridgehead atoms. The Labute approximate surface area is 99.3 Å². The lowest BCUT2D eigenvalue weighted by atomic mass is 9.99. The van der Waals surface area contributed by atoms with E-state index in [1.165, 1.54) is 5.56 Å². The van der Waals surface area contributed by atoms with Gasteiger partial charge in [0.2, 0.25) is 0 Å². The Morgan fingerprint density at radius 2 is 2.00 bits per heavy atom. The lowest BCUT2D eigenvalue weighted by molar-refractivity contribution is 0.643. The van der Waals surface area contributed by atoms with Crippen LogP contribution >= 0.6 is 0 Å². The monoisotopic (exact) mass is 221 g/mol. The first-order valence-electron chi connectivity index (χ1n) is 5.79. The van der Waals surface area contributed by atoms with E-state index in [1.807, 2.05) is 24.3 Å². The van der Waals surface area contributed by atoms with Gasteiger partial charge in [-0.1, -0.05) is 36.4 Å². The van der Waals surface area contributed by atoms with Crippen molar-refractivity contribution in [3.63, 3.8) is 0 Å². The highest BCUT2D eigenvalue weighted by molar-refractivity contribution is 6.13. The molecule has 0 aromatic heterocycles. The first kappa shape index (κ1) is 9.07. The Hall–Kier alpha value is -2.00. The first-order chi connectivity index (χ1) is 8.42. The molecule has 2 atom stereocenters. The average molecular weight is 221 g/mol. The molecule has 2 aliphatic heterocycles. The number of aliphatic imine (C=N–C) groups is 2. The quantitative estimate of drug-likeness (QED) is 0.717. The summed E-state index contributed by atoms with van der Waals surface area (Å²) in [5, 5.41) is 3.57. The molecular formula is C14H11N3. The van der Waals surface area contributed by atoms with Gasteiger partial charge in [-0.15, -0.1) is 0 Å². The van der Waals surface area contributed by atoms with Crippen LogP contribution in [0.25, 0.3) is 0 Å². The van der Waals surface area contributed by atoms with Gasteiger partial charge < -0.3 is 0 Å². The largest absolute Gasteiger partial charge is 0.292 e. The third-order valence-electron chi connectivity index (χ3n) is 3.33. The molecule has 0 fully saturated rings. The summed E-state index contributed by atoms with van der Waals surface area (Å²) in [6.45, 7) is 0. The summed E-state index contributed by atoms with van der Waals surface area (Å²) >= 11 is 0. The van der Waals surface area contributed by atoms with Gasteiger partial charge in [-0.2, -0.15) is 0 Å². The zero-order chi connectivity index (χ0) is 11.2. The predicted molar refractivity (Wildman–Crippen MR) is 68.9 cm³/mol. The molecule has 2 unspecified atom stereocenters. The van der Waals surface area contributed by atoms with Gasteiger partial charge in [0.25, 0.3) is 0 Å². The fraction of sp³-hybridized carbons (Fsp3) is 0.143. The molecule has 0 spiro atoms. The van der Waals surface area contributed by atoms with E-state index in [0.717, 1.165) is 17.2 Å². The van der Waals surface area contributed by atoms with Crippen molar-refractivity contribution in [1.82, 2.24) is 5.32 Å². The Kier molecular flexibility index (Phi) is 1.73. The standard InChI is InChI=1S/C14H11N3/c1-2-6-10-9(5-1)13-14(16-10)17-12-8-4-3-7-11(12)15-13/h1-8,11,13,15H. The smallest absolute Gasteiger partial charge is 0.150 e. The van der Waals surface area contributed by atoms with Crippen LogP contribution in [0.3, 0.4) is 0 Å². The van der Waals surface area contributed by atoms with Crippen LogP contribution in [0.1, 0.15) is 11.6 Å². The number of para-hydroxylation sites is 1. The van der Waals surface area contributed by atoms with Gasteiger partial charge in [0, 0.05) is 5.56 Å². The SMILES string of the molecule is C1=CC2=NC3=Nc4ccccc4C3NC2C=C1. The number of amidine groups is 1. The van der Waals surface area contributed by atoms with E-state index < -0.39 is 0 Å². The van der Waals surface area contributed by atoms with Gasteiger partial charge >= 0.3 is 0 Å². The van der Waals surface area contributed by atoms with Crippen molar-refractivity contribution < 1.29 is 0 Å². The topological polar surface area (TPSA) is 36.8 Å². The predicted octanol–water partition coefficient (Wildman–Crippen LogP) is 2.31. The van der Waals surface area contributed by atoms with Crippen molar-refractivity contribution in [2.45, 2.75) is 12.1 Å². The number of nitrogens with zero attached hydrogens (tertiary/aromatic N) is 2. The molecule has 4 rings (SSSR count). The number of hydrogen-bond donors (Lipinski definition) is 1. The number of nitrogens with one attached hydrogen (secondary N) is 1. The summed E-state index contributed by atoms with van der Waals surface area (Å²) in [5.41, 5.74) is 3.32. The summed E-state index contributed by atoms with van der Waals surface area (Å²) in [6.07, 6.45) is 8.25. The molecule has 1 aromatic carbocycles. The number of fused-ring (bicyclic) bond motifs is 4. The van der Waals surface area contributed by atoms with Gasteiger partial charge in [0.05, 0.1) is 23.5 Å². The molecule has 3 heteroatoms. The number of benzene rings is 1. The molecule has 0 amide bonds. The van der Waals surface area contributed by atoms with E-state index in [1.54, 1.807) is 0 Å². The number of allylic oxidation sites excluding steroid dienone is 2. The molecule has 0 saturated carbocycles. The van der Waals surface area contributed by atoms with Crippen LogP contribution in [0.2, 0.25) is 0 Å². The zero-order valence-electron chi connectivity index (χ0n) is 9.17. The molecular weight excluding hydrogens is 210 g/mol. The second kappa shape index (κ2) is 3.25. The van der Waals surface area contributed by atoms with Gasteiger partial charge in [-0.3, -0.25) is 5.32 Å². The van der Waals surface area contributed by atoms with E-state index in [-0.39, 0.29) is 12.1 Å². The average Bonchev–Trinajstić information content (AvgIpc) is 2.73. The fourth-order valence-electron chi connectivity index (χ4n) is 2.51. The molecule has 82 valence electrons. The van der Waals surface area contributed by atoms with Crippen molar-refractivity contribution >= 4 is 17.2 Å². The summed E-state index contributed by atoms with van der Waals surface area (Å²) in [7, 11) is 0. The molecule has 3 aliphatic rings. The maximum atomic E-state index is 4.65. The minimum atomic E-state index is 0.149. The molecule has 1 aliphatic carbocycles. The Morgan fingerprint density at radius 1 is 1.06 bits per heavy atom. The maximum absolute atomic E-state index is 4.65. The van der Waals surface area contributed by atoms with Crippen LogP contribution < -0.4 is 5.32 Å². The van der Waals surface area contributed by atoms with Crippen LogP contribution in [0.4, 0.5) is 5.69 Å². The Morgan fingerprint density at radius 3 is 3.00 bits per heavy atom. The minimum Gasteiger partial charge on any atom is -0.292 e. The molecule has 0 saturated heterocycles. The van der Waals surface area contributed by atoms with Crippen molar-refractivity contribution in [3.05, 3.63) is 54.1 Å². The summed E-state index contributed by atoms with van der Waals surface area (Å²) < 4.78 is 0. The molecule has 1 aromatic rings. The van der Waals surface area contributed by atoms with Crippen LogP contribution in [-0.4, -0.2) is 17.6 Å². The van der Waals surface area contributed by atoms with Gasteiger partial charge in [0.1, 0.15) is 0 Å². The Bertz CT molecular complexity index is 608. The molecule has 17 heavy (non-hydrogen) atoms. The van der Waals surface area contributed by atoms with Crippen LogP contribution in [-0.2, 0) is 0 Å². The van der Waals surface area contributed by atoms with Crippen molar-refractivity contribution in [2.75, 3.05) is 0 Å². The number of rotatable bonds is 0. The third kappa shape index (κ3) is 1.26. The summed E-state index contributed by atoms with van der Waals surface area (Å²) in [5.74, 6) is 0.886. The van der Waals surface area contributed by atoms with E-state index >= 15 is 0 Å². The number of hydrogen-bond acceptors (Lipinski definition) is 3. The molecule has 2 heterocycles. The van der Waals surface area contributed by atoms with E-state index in [0.29, 0.717) is 0 Å². The summed E-state index contributed by atoms with van der Waals surface area (Å²) in [4.78, 5) is 9.22. The third-order valence-corrected chi connectivity index (χ3v) is 3.33. The van der Waals surface area contributed by atoms with Gasteiger partial charge in [0.15, 0.2) is 5.84 Å². The lowest BCUT2D eigenvalue weighted by Gasteiger charge is -2.27. The van der Waals surface area contributed by atoms with E-state index in [4.69, 9.17) is 0 Å². The van der Waals surface area contributed by atoms with E-state index in [9.17, 15) is 0 Å². The van der Waals surface area contributed by atoms with Crippen molar-refractivity contribution in [3.8, 4) is 0 Å². The second-order valence-corrected chi connectivity index (χ2v) is 4.39. The highest BCUT2D eigenvalue weighted by atomic mass is 15.1. The second-order valence-electron chi connectivity index (χ2n) is 4.39. The fourth-order valence-corrected chi connectivity index (χ4v) is 2.51. The van der Waals surface area contributed by atoms with Gasteiger partial charge in [-0.25, -0.2) is 9.98 Å². The van der Waals surface area contributed by atoms with Crippen molar-refractivity contribution in [1.29, 1.82) is 0 Å².